The van der Waals surface area contributed by atoms with Gasteiger partial charge in [-0.2, -0.15) is 0 Å². The van der Waals surface area contributed by atoms with E-state index in [0.717, 1.165) is 11.1 Å². The predicted octanol–water partition coefficient (Wildman–Crippen LogP) is 3.01. The molecule has 5 nitrogen and oxygen atoms in total. The maximum atomic E-state index is 12.0. The molecule has 5 heteroatoms. The molecular formula is C15H18N2O3. The Labute approximate surface area is 117 Å². The molecule has 0 spiro atoms. The van der Waals surface area contributed by atoms with Crippen molar-refractivity contribution in [2.45, 2.75) is 33.8 Å². The lowest BCUT2D eigenvalue weighted by molar-refractivity contribution is -0.122. The van der Waals surface area contributed by atoms with Crippen molar-refractivity contribution in [3.05, 3.63) is 41.2 Å². The zero-order chi connectivity index (χ0) is 14.7. The van der Waals surface area contributed by atoms with Crippen LogP contribution in [0.1, 0.15) is 23.8 Å². The van der Waals surface area contributed by atoms with Gasteiger partial charge in [-0.25, -0.2) is 0 Å². The molecule has 1 N–H and O–H groups in total. The van der Waals surface area contributed by atoms with Gasteiger partial charge in [-0.3, -0.25) is 4.79 Å². The lowest BCUT2D eigenvalue weighted by Crippen LogP contribution is -2.30. The second-order valence-corrected chi connectivity index (χ2v) is 4.90. The van der Waals surface area contributed by atoms with E-state index in [-0.39, 0.29) is 5.91 Å². The molecular weight excluding hydrogens is 256 g/mol. The number of carbonyl (C=O) groups is 1. The summed E-state index contributed by atoms with van der Waals surface area (Å²) in [6.45, 7) is 7.43. The second-order valence-electron chi connectivity index (χ2n) is 4.90. The van der Waals surface area contributed by atoms with Gasteiger partial charge in [0.1, 0.15) is 11.5 Å². The number of anilines is 1. The quantitative estimate of drug-likeness (QED) is 0.930. The average Bonchev–Trinajstić information content (AvgIpc) is 2.73. The first-order valence-corrected chi connectivity index (χ1v) is 6.43. The molecule has 0 bridgehead atoms. The third-order valence-corrected chi connectivity index (χ3v) is 2.76. The summed E-state index contributed by atoms with van der Waals surface area (Å²) in [5.41, 5.74) is 2.19. The molecule has 1 amide bonds. The van der Waals surface area contributed by atoms with Crippen LogP contribution in [0.25, 0.3) is 0 Å². The first-order valence-electron chi connectivity index (χ1n) is 6.43. The van der Waals surface area contributed by atoms with Gasteiger partial charge < -0.3 is 14.6 Å². The average molecular weight is 274 g/mol. The van der Waals surface area contributed by atoms with Crippen LogP contribution in [0.3, 0.4) is 0 Å². The Morgan fingerprint density at radius 3 is 2.40 bits per heavy atom. The number of benzene rings is 1. The number of aromatic nitrogens is 1. The van der Waals surface area contributed by atoms with E-state index < -0.39 is 6.10 Å². The SMILES string of the molecule is Cc1cc(C)cc(OC(C)C(=O)Nc2cc(C)on2)c1. The van der Waals surface area contributed by atoms with Gasteiger partial charge in [-0.05, 0) is 51.0 Å². The van der Waals surface area contributed by atoms with E-state index in [1.54, 1.807) is 19.9 Å². The number of carbonyl (C=O) groups excluding carboxylic acids is 1. The smallest absolute Gasteiger partial charge is 0.266 e. The van der Waals surface area contributed by atoms with Crippen LogP contribution in [0.2, 0.25) is 0 Å². The van der Waals surface area contributed by atoms with Gasteiger partial charge >= 0.3 is 0 Å². The molecule has 2 aromatic rings. The van der Waals surface area contributed by atoms with Crippen LogP contribution in [0.15, 0.2) is 28.8 Å². The van der Waals surface area contributed by atoms with Crippen LogP contribution in [-0.4, -0.2) is 17.2 Å². The van der Waals surface area contributed by atoms with Crippen molar-refractivity contribution in [1.82, 2.24) is 5.16 Å². The molecule has 0 saturated heterocycles. The van der Waals surface area contributed by atoms with E-state index in [2.05, 4.69) is 16.5 Å². The summed E-state index contributed by atoms with van der Waals surface area (Å²) in [6, 6.07) is 7.51. The molecule has 106 valence electrons. The summed E-state index contributed by atoms with van der Waals surface area (Å²) < 4.78 is 10.5. The topological polar surface area (TPSA) is 64.4 Å². The minimum Gasteiger partial charge on any atom is -0.481 e. The largest absolute Gasteiger partial charge is 0.481 e. The van der Waals surface area contributed by atoms with Gasteiger partial charge in [0.25, 0.3) is 5.91 Å². The maximum absolute atomic E-state index is 12.0. The number of ether oxygens (including phenoxy) is 1. The summed E-state index contributed by atoms with van der Waals surface area (Å²) in [4.78, 5) is 12.0. The number of nitrogens with one attached hydrogen (secondary N) is 1. The number of nitrogens with zero attached hydrogens (tertiary/aromatic N) is 1. The molecule has 0 aliphatic carbocycles. The number of amides is 1. The van der Waals surface area contributed by atoms with Crippen molar-refractivity contribution in [1.29, 1.82) is 0 Å². The van der Waals surface area contributed by atoms with Gasteiger partial charge in [0.15, 0.2) is 11.9 Å². The normalized spacial score (nSPS) is 12.0. The van der Waals surface area contributed by atoms with Crippen LogP contribution in [0.4, 0.5) is 5.82 Å². The Hall–Kier alpha value is -2.30. The molecule has 1 heterocycles. The van der Waals surface area contributed by atoms with Crippen molar-refractivity contribution in [2.24, 2.45) is 0 Å². The third-order valence-electron chi connectivity index (χ3n) is 2.76. The fraction of sp³-hybridized carbons (Fsp3) is 0.333. The fourth-order valence-electron chi connectivity index (χ4n) is 1.91. The maximum Gasteiger partial charge on any atom is 0.266 e. The second kappa shape index (κ2) is 5.77. The molecule has 1 atom stereocenters. The van der Waals surface area contributed by atoms with Gasteiger partial charge in [0.05, 0.1) is 0 Å². The van der Waals surface area contributed by atoms with Crippen molar-refractivity contribution in [3.63, 3.8) is 0 Å². The number of rotatable bonds is 4. The minimum atomic E-state index is -0.617. The molecule has 0 saturated carbocycles. The highest BCUT2D eigenvalue weighted by Gasteiger charge is 2.16. The van der Waals surface area contributed by atoms with E-state index in [0.29, 0.717) is 17.3 Å². The lowest BCUT2D eigenvalue weighted by Gasteiger charge is -2.14. The number of aryl methyl sites for hydroxylation is 3. The molecule has 0 aliphatic rings. The Kier molecular flexibility index (Phi) is 4.08. The number of hydrogen-bond acceptors (Lipinski definition) is 4. The zero-order valence-electron chi connectivity index (χ0n) is 12.1. The Morgan fingerprint density at radius 2 is 1.85 bits per heavy atom. The minimum absolute atomic E-state index is 0.266. The molecule has 1 aromatic heterocycles. The van der Waals surface area contributed by atoms with Crippen LogP contribution in [-0.2, 0) is 4.79 Å². The van der Waals surface area contributed by atoms with E-state index in [4.69, 9.17) is 9.26 Å². The van der Waals surface area contributed by atoms with Gasteiger partial charge in [0, 0.05) is 6.07 Å². The first kappa shape index (κ1) is 14.1. The van der Waals surface area contributed by atoms with Crippen LogP contribution in [0.5, 0.6) is 5.75 Å². The predicted molar refractivity (Wildman–Crippen MR) is 75.9 cm³/mol. The Balaban J connectivity index is 2.00. The standard InChI is InChI=1S/C15H18N2O3/c1-9-5-10(2)7-13(6-9)19-12(4)15(18)16-14-8-11(3)20-17-14/h5-8,12H,1-4H3,(H,16,17,18). The van der Waals surface area contributed by atoms with E-state index >= 15 is 0 Å². The Morgan fingerprint density at radius 1 is 1.20 bits per heavy atom. The van der Waals surface area contributed by atoms with Gasteiger partial charge in [-0.1, -0.05) is 11.2 Å². The van der Waals surface area contributed by atoms with Crippen LogP contribution < -0.4 is 10.1 Å². The monoisotopic (exact) mass is 274 g/mol. The summed E-state index contributed by atoms with van der Waals surface area (Å²) >= 11 is 0. The molecule has 0 aliphatic heterocycles. The summed E-state index contributed by atoms with van der Waals surface area (Å²) in [5.74, 6) is 1.45. The van der Waals surface area contributed by atoms with E-state index in [9.17, 15) is 4.79 Å². The molecule has 1 unspecified atom stereocenters. The summed E-state index contributed by atoms with van der Waals surface area (Å²) in [7, 11) is 0. The van der Waals surface area contributed by atoms with Crippen molar-refractivity contribution in [3.8, 4) is 5.75 Å². The van der Waals surface area contributed by atoms with E-state index in [1.807, 2.05) is 26.0 Å². The molecule has 0 radical (unpaired) electrons. The Bertz CT molecular complexity index is 599. The van der Waals surface area contributed by atoms with Crippen LogP contribution >= 0.6 is 0 Å². The first-order chi connectivity index (χ1) is 9.44. The summed E-state index contributed by atoms with van der Waals surface area (Å²) in [5, 5.41) is 6.35. The zero-order valence-corrected chi connectivity index (χ0v) is 12.1. The summed E-state index contributed by atoms with van der Waals surface area (Å²) in [6.07, 6.45) is -0.617. The molecule has 20 heavy (non-hydrogen) atoms. The van der Waals surface area contributed by atoms with Crippen molar-refractivity contribution >= 4 is 11.7 Å². The molecule has 1 aromatic carbocycles. The number of hydrogen-bond donors (Lipinski definition) is 1. The van der Waals surface area contributed by atoms with Crippen molar-refractivity contribution < 1.29 is 14.1 Å². The van der Waals surface area contributed by atoms with E-state index in [1.165, 1.54) is 0 Å². The third kappa shape index (κ3) is 3.60. The van der Waals surface area contributed by atoms with Gasteiger partial charge in [0.2, 0.25) is 0 Å². The molecule has 2 rings (SSSR count). The molecule has 0 fully saturated rings. The highest BCUT2D eigenvalue weighted by Crippen LogP contribution is 2.18. The fourth-order valence-corrected chi connectivity index (χ4v) is 1.91. The highest BCUT2D eigenvalue weighted by atomic mass is 16.5. The highest BCUT2D eigenvalue weighted by molar-refractivity contribution is 5.93. The van der Waals surface area contributed by atoms with Crippen LogP contribution in [0, 0.1) is 20.8 Å². The lowest BCUT2D eigenvalue weighted by atomic mass is 10.1. The van der Waals surface area contributed by atoms with Crippen molar-refractivity contribution in [2.75, 3.05) is 5.32 Å². The van der Waals surface area contributed by atoms with Gasteiger partial charge in [-0.15, -0.1) is 0 Å².